The van der Waals surface area contributed by atoms with Crippen LogP contribution in [-0.4, -0.2) is 21.3 Å². The van der Waals surface area contributed by atoms with Crippen LogP contribution in [0, 0.1) is 6.92 Å². The SMILES string of the molecule is CCCn1nccc1C(NCC)c1ncccc1C. The number of rotatable bonds is 6. The number of hydrogen-bond donors (Lipinski definition) is 1. The van der Waals surface area contributed by atoms with Crippen LogP contribution in [0.25, 0.3) is 0 Å². The lowest BCUT2D eigenvalue weighted by Crippen LogP contribution is -2.26. The summed E-state index contributed by atoms with van der Waals surface area (Å²) in [6.07, 6.45) is 4.80. The zero-order valence-corrected chi connectivity index (χ0v) is 11.9. The zero-order valence-electron chi connectivity index (χ0n) is 11.9. The lowest BCUT2D eigenvalue weighted by Gasteiger charge is -2.20. The molecule has 0 bridgehead atoms. The third kappa shape index (κ3) is 3.01. The largest absolute Gasteiger partial charge is 0.304 e. The molecule has 0 saturated carbocycles. The lowest BCUT2D eigenvalue weighted by atomic mass is 10.0. The van der Waals surface area contributed by atoms with Crippen molar-refractivity contribution in [2.75, 3.05) is 6.54 Å². The quantitative estimate of drug-likeness (QED) is 0.866. The maximum atomic E-state index is 4.55. The summed E-state index contributed by atoms with van der Waals surface area (Å²) in [6.45, 7) is 8.23. The van der Waals surface area contributed by atoms with Gasteiger partial charge in [0.1, 0.15) is 0 Å². The number of pyridine rings is 1. The second-order valence-corrected chi connectivity index (χ2v) is 4.68. The molecule has 0 amide bonds. The third-order valence-corrected chi connectivity index (χ3v) is 3.21. The van der Waals surface area contributed by atoms with E-state index in [4.69, 9.17) is 0 Å². The van der Waals surface area contributed by atoms with Crippen LogP contribution in [0.2, 0.25) is 0 Å². The lowest BCUT2D eigenvalue weighted by molar-refractivity contribution is 0.513. The highest BCUT2D eigenvalue weighted by Crippen LogP contribution is 2.22. The molecule has 19 heavy (non-hydrogen) atoms. The molecular weight excluding hydrogens is 236 g/mol. The van der Waals surface area contributed by atoms with Gasteiger partial charge >= 0.3 is 0 Å². The molecule has 0 aliphatic heterocycles. The molecule has 1 atom stereocenters. The monoisotopic (exact) mass is 258 g/mol. The minimum Gasteiger partial charge on any atom is -0.304 e. The molecule has 0 spiro atoms. The van der Waals surface area contributed by atoms with E-state index in [1.165, 1.54) is 11.3 Å². The first kappa shape index (κ1) is 13.7. The number of aromatic nitrogens is 3. The van der Waals surface area contributed by atoms with Gasteiger partial charge in [-0.1, -0.05) is 19.9 Å². The van der Waals surface area contributed by atoms with E-state index in [2.05, 4.69) is 53.0 Å². The van der Waals surface area contributed by atoms with Crippen molar-refractivity contribution in [1.29, 1.82) is 0 Å². The molecule has 2 heterocycles. The summed E-state index contributed by atoms with van der Waals surface area (Å²) in [5.41, 5.74) is 3.48. The Morgan fingerprint density at radius 1 is 1.26 bits per heavy atom. The summed E-state index contributed by atoms with van der Waals surface area (Å²) in [5.74, 6) is 0. The Labute approximate surface area is 114 Å². The van der Waals surface area contributed by atoms with Crippen molar-refractivity contribution in [2.45, 2.75) is 39.8 Å². The van der Waals surface area contributed by atoms with Crippen molar-refractivity contribution < 1.29 is 0 Å². The van der Waals surface area contributed by atoms with E-state index in [9.17, 15) is 0 Å². The Balaban J connectivity index is 2.40. The molecule has 0 aliphatic carbocycles. The van der Waals surface area contributed by atoms with Crippen molar-refractivity contribution in [3.8, 4) is 0 Å². The topological polar surface area (TPSA) is 42.7 Å². The van der Waals surface area contributed by atoms with Gasteiger partial charge in [0.05, 0.1) is 17.4 Å². The van der Waals surface area contributed by atoms with E-state index >= 15 is 0 Å². The smallest absolute Gasteiger partial charge is 0.0924 e. The molecule has 0 aromatic carbocycles. The van der Waals surface area contributed by atoms with Crippen LogP contribution in [0.5, 0.6) is 0 Å². The van der Waals surface area contributed by atoms with Gasteiger partial charge in [-0.15, -0.1) is 0 Å². The average molecular weight is 258 g/mol. The Bertz CT molecular complexity index is 518. The zero-order chi connectivity index (χ0) is 13.7. The maximum absolute atomic E-state index is 4.55. The second-order valence-electron chi connectivity index (χ2n) is 4.68. The van der Waals surface area contributed by atoms with Crippen molar-refractivity contribution in [1.82, 2.24) is 20.1 Å². The molecule has 1 N–H and O–H groups in total. The van der Waals surface area contributed by atoms with E-state index < -0.39 is 0 Å². The summed E-state index contributed by atoms with van der Waals surface area (Å²) in [7, 11) is 0. The number of nitrogens with zero attached hydrogens (tertiary/aromatic N) is 3. The molecule has 102 valence electrons. The fourth-order valence-corrected chi connectivity index (χ4v) is 2.33. The van der Waals surface area contributed by atoms with Gasteiger partial charge < -0.3 is 5.32 Å². The molecule has 4 nitrogen and oxygen atoms in total. The third-order valence-electron chi connectivity index (χ3n) is 3.21. The Morgan fingerprint density at radius 2 is 2.11 bits per heavy atom. The summed E-state index contributed by atoms with van der Waals surface area (Å²) < 4.78 is 2.07. The van der Waals surface area contributed by atoms with Crippen LogP contribution in [0.1, 0.15) is 43.3 Å². The van der Waals surface area contributed by atoms with Crippen molar-refractivity contribution in [3.05, 3.63) is 47.5 Å². The first-order valence-electron chi connectivity index (χ1n) is 6.94. The van der Waals surface area contributed by atoms with E-state index in [1.54, 1.807) is 0 Å². The van der Waals surface area contributed by atoms with Gasteiger partial charge in [-0.3, -0.25) is 9.67 Å². The number of aryl methyl sites for hydroxylation is 2. The van der Waals surface area contributed by atoms with Gasteiger partial charge in [0.25, 0.3) is 0 Å². The highest BCUT2D eigenvalue weighted by atomic mass is 15.3. The van der Waals surface area contributed by atoms with E-state index in [0.29, 0.717) is 0 Å². The first-order chi connectivity index (χ1) is 9.27. The fraction of sp³-hybridized carbons (Fsp3) is 0.467. The van der Waals surface area contributed by atoms with Crippen LogP contribution in [0.4, 0.5) is 0 Å². The Morgan fingerprint density at radius 3 is 2.79 bits per heavy atom. The number of nitrogens with one attached hydrogen (secondary N) is 1. The molecule has 2 aromatic heterocycles. The van der Waals surface area contributed by atoms with Crippen LogP contribution in [0.3, 0.4) is 0 Å². The van der Waals surface area contributed by atoms with Gasteiger partial charge in [0, 0.05) is 18.9 Å². The molecule has 0 radical (unpaired) electrons. The normalized spacial score (nSPS) is 12.6. The Hall–Kier alpha value is -1.68. The predicted molar refractivity (Wildman–Crippen MR) is 77.0 cm³/mol. The average Bonchev–Trinajstić information content (AvgIpc) is 2.86. The van der Waals surface area contributed by atoms with Crippen LogP contribution in [-0.2, 0) is 6.54 Å². The predicted octanol–water partition coefficient (Wildman–Crippen LogP) is 2.70. The molecule has 0 saturated heterocycles. The molecule has 1 unspecified atom stereocenters. The molecule has 0 fully saturated rings. The van der Waals surface area contributed by atoms with Gasteiger partial charge in [0.2, 0.25) is 0 Å². The van der Waals surface area contributed by atoms with Crippen LogP contribution < -0.4 is 5.32 Å². The van der Waals surface area contributed by atoms with E-state index in [-0.39, 0.29) is 6.04 Å². The first-order valence-corrected chi connectivity index (χ1v) is 6.94. The van der Waals surface area contributed by atoms with Gasteiger partial charge in [-0.05, 0) is 37.6 Å². The van der Waals surface area contributed by atoms with Crippen LogP contribution in [0.15, 0.2) is 30.6 Å². The summed E-state index contributed by atoms with van der Waals surface area (Å²) in [5, 5.41) is 7.93. The summed E-state index contributed by atoms with van der Waals surface area (Å²) in [4.78, 5) is 4.55. The Kier molecular flexibility index (Phi) is 4.68. The van der Waals surface area contributed by atoms with Crippen molar-refractivity contribution in [3.63, 3.8) is 0 Å². The van der Waals surface area contributed by atoms with E-state index in [1.807, 2.05) is 18.5 Å². The standard InChI is InChI=1S/C15H22N4/c1-4-11-19-13(8-10-18-19)15(16-5-2)14-12(3)7-6-9-17-14/h6-10,15-16H,4-5,11H2,1-3H3. The van der Waals surface area contributed by atoms with Crippen LogP contribution >= 0.6 is 0 Å². The molecule has 4 heteroatoms. The minimum absolute atomic E-state index is 0.111. The molecule has 2 rings (SSSR count). The second kappa shape index (κ2) is 6.48. The summed E-state index contributed by atoms with van der Waals surface area (Å²) in [6, 6.07) is 6.27. The summed E-state index contributed by atoms with van der Waals surface area (Å²) >= 11 is 0. The van der Waals surface area contributed by atoms with Gasteiger partial charge in [-0.2, -0.15) is 5.10 Å². The fourth-order valence-electron chi connectivity index (χ4n) is 2.33. The molecule has 2 aromatic rings. The van der Waals surface area contributed by atoms with Gasteiger partial charge in [-0.25, -0.2) is 0 Å². The highest BCUT2D eigenvalue weighted by molar-refractivity contribution is 5.28. The van der Waals surface area contributed by atoms with Gasteiger partial charge in [0.15, 0.2) is 0 Å². The maximum Gasteiger partial charge on any atom is 0.0924 e. The minimum atomic E-state index is 0.111. The van der Waals surface area contributed by atoms with Crippen molar-refractivity contribution in [2.24, 2.45) is 0 Å². The number of hydrogen-bond acceptors (Lipinski definition) is 3. The molecule has 0 aliphatic rings. The molecular formula is C15H22N4. The van der Waals surface area contributed by atoms with E-state index in [0.717, 1.165) is 25.2 Å². The highest BCUT2D eigenvalue weighted by Gasteiger charge is 2.19. The van der Waals surface area contributed by atoms with Crippen molar-refractivity contribution >= 4 is 0 Å².